The zero-order valence-corrected chi connectivity index (χ0v) is 11.9. The summed E-state index contributed by atoms with van der Waals surface area (Å²) in [7, 11) is 0. The van der Waals surface area contributed by atoms with Crippen molar-refractivity contribution in [3.63, 3.8) is 0 Å². The lowest BCUT2D eigenvalue weighted by molar-refractivity contribution is -0.385. The van der Waals surface area contributed by atoms with Crippen LogP contribution >= 0.6 is 0 Å². The van der Waals surface area contributed by atoms with Gasteiger partial charge in [-0.05, 0) is 12.8 Å². The number of amides is 2. The monoisotopic (exact) mass is 307 g/mol. The SMILES string of the molecule is NC(=O)[C@@H](Cc1ccccc1[N+](=O)[O-])NC(=O)[C@@H]1CCCO1. The lowest BCUT2D eigenvalue weighted by Crippen LogP contribution is -2.49. The van der Waals surface area contributed by atoms with Gasteiger partial charge in [-0.1, -0.05) is 18.2 Å². The Kier molecular flexibility index (Phi) is 5.05. The van der Waals surface area contributed by atoms with Crippen LogP contribution in [0.2, 0.25) is 0 Å². The van der Waals surface area contributed by atoms with Gasteiger partial charge in [0.2, 0.25) is 11.8 Å². The number of hydrogen-bond acceptors (Lipinski definition) is 5. The maximum Gasteiger partial charge on any atom is 0.272 e. The summed E-state index contributed by atoms with van der Waals surface area (Å²) in [6, 6.07) is 5.02. The molecule has 1 aromatic rings. The van der Waals surface area contributed by atoms with Crippen LogP contribution in [0.1, 0.15) is 18.4 Å². The summed E-state index contributed by atoms with van der Waals surface area (Å²) in [6.07, 6.45) is 0.740. The molecular formula is C14H17N3O5. The summed E-state index contributed by atoms with van der Waals surface area (Å²) in [5.41, 5.74) is 5.52. The zero-order valence-electron chi connectivity index (χ0n) is 11.9. The van der Waals surface area contributed by atoms with E-state index in [4.69, 9.17) is 10.5 Å². The Labute approximate surface area is 126 Å². The first-order valence-electron chi connectivity index (χ1n) is 6.92. The molecule has 22 heavy (non-hydrogen) atoms. The van der Waals surface area contributed by atoms with Crippen LogP contribution in [0.25, 0.3) is 0 Å². The van der Waals surface area contributed by atoms with Crippen molar-refractivity contribution >= 4 is 17.5 Å². The van der Waals surface area contributed by atoms with Gasteiger partial charge in [0.25, 0.3) is 5.69 Å². The average Bonchev–Trinajstić information content (AvgIpc) is 3.01. The van der Waals surface area contributed by atoms with Gasteiger partial charge >= 0.3 is 0 Å². The Morgan fingerprint density at radius 3 is 2.77 bits per heavy atom. The van der Waals surface area contributed by atoms with E-state index in [2.05, 4.69) is 5.32 Å². The van der Waals surface area contributed by atoms with Gasteiger partial charge in [-0.15, -0.1) is 0 Å². The fraction of sp³-hybridized carbons (Fsp3) is 0.429. The molecule has 2 amide bonds. The molecule has 2 atom stereocenters. The lowest BCUT2D eigenvalue weighted by atomic mass is 10.0. The van der Waals surface area contributed by atoms with Gasteiger partial charge < -0.3 is 15.8 Å². The third kappa shape index (κ3) is 3.79. The Hall–Kier alpha value is -2.48. The van der Waals surface area contributed by atoms with Crippen molar-refractivity contribution in [1.29, 1.82) is 0 Å². The number of ether oxygens (including phenoxy) is 1. The predicted octanol–water partition coefficient (Wildman–Crippen LogP) is 0.286. The Balaban J connectivity index is 2.10. The van der Waals surface area contributed by atoms with Gasteiger partial charge in [-0.25, -0.2) is 0 Å². The molecule has 8 nitrogen and oxygen atoms in total. The number of carbonyl (C=O) groups excluding carboxylic acids is 2. The third-order valence-corrected chi connectivity index (χ3v) is 3.49. The van der Waals surface area contributed by atoms with Gasteiger partial charge in [0.15, 0.2) is 0 Å². The number of nitrogens with one attached hydrogen (secondary N) is 1. The number of nitro groups is 1. The second kappa shape index (κ2) is 6.99. The molecule has 0 bridgehead atoms. The first-order chi connectivity index (χ1) is 10.5. The number of hydrogen-bond donors (Lipinski definition) is 2. The highest BCUT2D eigenvalue weighted by Gasteiger charge is 2.28. The number of para-hydroxylation sites is 1. The van der Waals surface area contributed by atoms with Crippen molar-refractivity contribution < 1.29 is 19.2 Å². The lowest BCUT2D eigenvalue weighted by Gasteiger charge is -2.18. The minimum Gasteiger partial charge on any atom is -0.368 e. The standard InChI is InChI=1S/C14H17N3O5/c15-13(18)10(16-14(19)12-6-3-7-22-12)8-9-4-1-2-5-11(9)17(20)21/h1-2,4-5,10,12H,3,6-8H2,(H2,15,18)(H,16,19)/t10-,12+/m1/s1. The molecule has 118 valence electrons. The largest absolute Gasteiger partial charge is 0.368 e. The number of nitrogens with zero attached hydrogens (tertiary/aromatic N) is 1. The van der Waals surface area contributed by atoms with Crippen molar-refractivity contribution in [3.8, 4) is 0 Å². The Morgan fingerprint density at radius 2 is 2.18 bits per heavy atom. The van der Waals surface area contributed by atoms with Crippen LogP contribution in [-0.4, -0.2) is 35.5 Å². The second-order valence-corrected chi connectivity index (χ2v) is 5.06. The highest BCUT2D eigenvalue weighted by atomic mass is 16.6. The van der Waals surface area contributed by atoms with Crippen molar-refractivity contribution in [3.05, 3.63) is 39.9 Å². The van der Waals surface area contributed by atoms with Crippen LogP contribution < -0.4 is 11.1 Å². The van der Waals surface area contributed by atoms with Crippen molar-refractivity contribution in [2.75, 3.05) is 6.61 Å². The molecule has 0 spiro atoms. The quantitative estimate of drug-likeness (QED) is 0.577. The first-order valence-corrected chi connectivity index (χ1v) is 6.92. The van der Waals surface area contributed by atoms with E-state index in [1.165, 1.54) is 18.2 Å². The molecular weight excluding hydrogens is 290 g/mol. The van der Waals surface area contributed by atoms with Crippen LogP contribution in [-0.2, 0) is 20.7 Å². The molecule has 2 rings (SSSR count). The second-order valence-electron chi connectivity index (χ2n) is 5.06. The minimum atomic E-state index is -1.02. The summed E-state index contributed by atoms with van der Waals surface area (Å²) in [5.74, 6) is -1.16. The van der Waals surface area contributed by atoms with E-state index in [9.17, 15) is 19.7 Å². The van der Waals surface area contributed by atoms with Crippen LogP contribution in [0.4, 0.5) is 5.69 Å². The van der Waals surface area contributed by atoms with Crippen LogP contribution in [0.5, 0.6) is 0 Å². The number of benzene rings is 1. The highest BCUT2D eigenvalue weighted by molar-refractivity contribution is 5.88. The van der Waals surface area contributed by atoms with E-state index in [1.807, 2.05) is 0 Å². The molecule has 1 fully saturated rings. The first kappa shape index (κ1) is 15.9. The summed E-state index contributed by atoms with van der Waals surface area (Å²) in [5, 5.41) is 13.5. The molecule has 0 radical (unpaired) electrons. The Bertz CT molecular complexity index is 584. The minimum absolute atomic E-state index is 0.0368. The summed E-state index contributed by atoms with van der Waals surface area (Å²) in [6.45, 7) is 0.503. The topological polar surface area (TPSA) is 125 Å². The van der Waals surface area contributed by atoms with Gasteiger partial charge in [0, 0.05) is 24.7 Å². The maximum absolute atomic E-state index is 12.0. The van der Waals surface area contributed by atoms with E-state index in [0.29, 0.717) is 18.6 Å². The summed E-state index contributed by atoms with van der Waals surface area (Å²) in [4.78, 5) is 34.0. The zero-order chi connectivity index (χ0) is 16.1. The molecule has 8 heteroatoms. The van der Waals surface area contributed by atoms with E-state index in [1.54, 1.807) is 6.07 Å². The number of rotatable bonds is 6. The summed E-state index contributed by atoms with van der Waals surface area (Å²) >= 11 is 0. The fourth-order valence-corrected chi connectivity index (χ4v) is 2.35. The number of nitro benzene ring substituents is 1. The van der Waals surface area contributed by atoms with Crippen molar-refractivity contribution in [2.45, 2.75) is 31.4 Å². The van der Waals surface area contributed by atoms with E-state index < -0.39 is 28.9 Å². The molecule has 1 heterocycles. The molecule has 0 aromatic heterocycles. The number of nitrogens with two attached hydrogens (primary N) is 1. The fourth-order valence-electron chi connectivity index (χ4n) is 2.35. The Morgan fingerprint density at radius 1 is 1.45 bits per heavy atom. The third-order valence-electron chi connectivity index (χ3n) is 3.49. The molecule has 1 aromatic carbocycles. The molecule has 0 aliphatic carbocycles. The number of primary amides is 1. The summed E-state index contributed by atoms with van der Waals surface area (Å²) < 4.78 is 5.24. The van der Waals surface area contributed by atoms with E-state index >= 15 is 0 Å². The van der Waals surface area contributed by atoms with Crippen LogP contribution in [0.15, 0.2) is 24.3 Å². The van der Waals surface area contributed by atoms with Gasteiger partial charge in [0.05, 0.1) is 4.92 Å². The van der Waals surface area contributed by atoms with Crippen molar-refractivity contribution in [2.24, 2.45) is 5.73 Å². The van der Waals surface area contributed by atoms with E-state index in [0.717, 1.165) is 6.42 Å². The number of carbonyl (C=O) groups is 2. The highest BCUT2D eigenvalue weighted by Crippen LogP contribution is 2.19. The maximum atomic E-state index is 12.0. The van der Waals surface area contributed by atoms with Crippen LogP contribution in [0, 0.1) is 10.1 Å². The predicted molar refractivity (Wildman–Crippen MR) is 76.9 cm³/mol. The molecule has 0 saturated carbocycles. The average molecular weight is 307 g/mol. The van der Waals surface area contributed by atoms with Gasteiger partial charge in [-0.2, -0.15) is 0 Å². The molecule has 1 aliphatic heterocycles. The molecule has 0 unspecified atom stereocenters. The molecule has 1 saturated heterocycles. The van der Waals surface area contributed by atoms with Crippen LogP contribution in [0.3, 0.4) is 0 Å². The molecule has 1 aliphatic rings. The van der Waals surface area contributed by atoms with E-state index in [-0.39, 0.29) is 12.1 Å². The molecule has 3 N–H and O–H groups in total. The smallest absolute Gasteiger partial charge is 0.272 e. The van der Waals surface area contributed by atoms with Crippen molar-refractivity contribution in [1.82, 2.24) is 5.32 Å². The van der Waals surface area contributed by atoms with Gasteiger partial charge in [-0.3, -0.25) is 19.7 Å². The van der Waals surface area contributed by atoms with Gasteiger partial charge in [0.1, 0.15) is 12.1 Å². The normalized spacial score (nSPS) is 18.6.